The van der Waals surface area contributed by atoms with Crippen LogP contribution in [-0.4, -0.2) is 21.2 Å². The molecular weight excluding hydrogens is 438 g/mol. The Balaban J connectivity index is 1.64. The van der Waals surface area contributed by atoms with Gasteiger partial charge in [-0.25, -0.2) is 4.98 Å². The highest BCUT2D eigenvalue weighted by Gasteiger charge is 2.18. The maximum atomic E-state index is 13.4. The molecule has 0 saturated heterocycles. The second kappa shape index (κ2) is 9.54. The van der Waals surface area contributed by atoms with E-state index in [0.717, 1.165) is 27.9 Å². The van der Waals surface area contributed by atoms with Crippen LogP contribution < -0.4 is 10.9 Å². The van der Waals surface area contributed by atoms with Crippen LogP contribution in [0, 0.1) is 13.8 Å². The van der Waals surface area contributed by atoms with Crippen LogP contribution in [0.15, 0.2) is 76.5 Å². The van der Waals surface area contributed by atoms with Gasteiger partial charge >= 0.3 is 0 Å². The van der Waals surface area contributed by atoms with Gasteiger partial charge in [0.1, 0.15) is 4.83 Å². The Morgan fingerprint density at radius 2 is 1.88 bits per heavy atom. The highest BCUT2D eigenvalue weighted by Crippen LogP contribution is 2.32. The van der Waals surface area contributed by atoms with Crippen LogP contribution in [0.1, 0.15) is 11.1 Å². The lowest BCUT2D eigenvalue weighted by atomic mass is 10.1. The molecule has 1 amide bonds. The highest BCUT2D eigenvalue weighted by molar-refractivity contribution is 7.99. The lowest BCUT2D eigenvalue weighted by Crippen LogP contribution is -2.23. The molecule has 0 unspecified atom stereocenters. The van der Waals surface area contributed by atoms with Gasteiger partial charge in [0.15, 0.2) is 5.16 Å². The number of carbonyl (C=O) groups is 1. The van der Waals surface area contributed by atoms with E-state index in [9.17, 15) is 9.59 Å². The van der Waals surface area contributed by atoms with E-state index >= 15 is 0 Å². The molecule has 2 aromatic carbocycles. The van der Waals surface area contributed by atoms with Crippen molar-refractivity contribution in [3.8, 4) is 11.1 Å². The monoisotopic (exact) mass is 461 g/mol. The summed E-state index contributed by atoms with van der Waals surface area (Å²) in [6.07, 6.45) is 1.67. The number of aryl methyl sites for hydroxylation is 2. The van der Waals surface area contributed by atoms with Gasteiger partial charge in [-0.2, -0.15) is 0 Å². The van der Waals surface area contributed by atoms with Crippen molar-refractivity contribution in [3.63, 3.8) is 0 Å². The maximum absolute atomic E-state index is 13.4. The molecule has 2 heterocycles. The van der Waals surface area contributed by atoms with E-state index in [1.807, 2.05) is 67.8 Å². The molecule has 0 spiro atoms. The van der Waals surface area contributed by atoms with Crippen LogP contribution >= 0.6 is 23.1 Å². The molecule has 0 aliphatic heterocycles. The van der Waals surface area contributed by atoms with E-state index in [0.29, 0.717) is 21.9 Å². The number of aromatic nitrogens is 2. The average Bonchev–Trinajstić information content (AvgIpc) is 3.22. The number of anilines is 1. The van der Waals surface area contributed by atoms with Crippen LogP contribution in [0.4, 0.5) is 5.69 Å². The van der Waals surface area contributed by atoms with Gasteiger partial charge < -0.3 is 5.32 Å². The van der Waals surface area contributed by atoms with E-state index in [-0.39, 0.29) is 17.2 Å². The minimum atomic E-state index is -0.136. The minimum absolute atomic E-state index is 0.118. The molecule has 162 valence electrons. The normalized spacial score (nSPS) is 10.9. The number of benzene rings is 2. The minimum Gasteiger partial charge on any atom is -0.325 e. The zero-order chi connectivity index (χ0) is 22.7. The first-order valence-corrected chi connectivity index (χ1v) is 12.0. The predicted molar refractivity (Wildman–Crippen MR) is 135 cm³/mol. The van der Waals surface area contributed by atoms with Crippen molar-refractivity contribution in [2.45, 2.75) is 25.5 Å². The fourth-order valence-corrected chi connectivity index (χ4v) is 5.35. The van der Waals surface area contributed by atoms with Gasteiger partial charge in [0, 0.05) is 23.2 Å². The van der Waals surface area contributed by atoms with Gasteiger partial charge in [-0.3, -0.25) is 14.2 Å². The Kier molecular flexibility index (Phi) is 6.58. The molecule has 7 heteroatoms. The Morgan fingerprint density at radius 3 is 2.56 bits per heavy atom. The quantitative estimate of drug-likeness (QED) is 0.219. The van der Waals surface area contributed by atoms with Crippen molar-refractivity contribution in [3.05, 3.63) is 88.0 Å². The van der Waals surface area contributed by atoms with Crippen LogP contribution in [0.2, 0.25) is 0 Å². The van der Waals surface area contributed by atoms with Gasteiger partial charge in [0.05, 0.1) is 11.1 Å². The Morgan fingerprint density at radius 1 is 1.16 bits per heavy atom. The molecule has 4 aromatic rings. The molecule has 5 nitrogen and oxygen atoms in total. The maximum Gasteiger partial charge on any atom is 0.263 e. The van der Waals surface area contributed by atoms with Crippen LogP contribution in [0.3, 0.4) is 0 Å². The number of nitrogens with zero attached hydrogens (tertiary/aromatic N) is 2. The van der Waals surface area contributed by atoms with E-state index in [4.69, 9.17) is 4.98 Å². The molecule has 4 rings (SSSR count). The Hall–Kier alpha value is -3.16. The average molecular weight is 462 g/mol. The highest BCUT2D eigenvalue weighted by atomic mass is 32.2. The molecule has 0 fully saturated rings. The summed E-state index contributed by atoms with van der Waals surface area (Å²) in [7, 11) is 0. The first-order chi connectivity index (χ1) is 15.5. The van der Waals surface area contributed by atoms with E-state index in [1.165, 1.54) is 23.1 Å². The molecule has 0 aliphatic rings. The van der Waals surface area contributed by atoms with Gasteiger partial charge in [0.25, 0.3) is 5.56 Å². The van der Waals surface area contributed by atoms with Crippen molar-refractivity contribution in [2.24, 2.45) is 0 Å². The summed E-state index contributed by atoms with van der Waals surface area (Å²) in [5.74, 6) is 0.0165. The Bertz CT molecular complexity index is 1340. The summed E-state index contributed by atoms with van der Waals surface area (Å²) in [6.45, 7) is 8.04. The van der Waals surface area contributed by atoms with Crippen LogP contribution in [0.5, 0.6) is 0 Å². The van der Waals surface area contributed by atoms with Crippen molar-refractivity contribution >= 4 is 44.9 Å². The van der Waals surface area contributed by atoms with Crippen molar-refractivity contribution in [1.29, 1.82) is 0 Å². The standard InChI is InChI=1S/C25H23N3O2S2/c1-4-13-28-24(30)21-19(18-11-6-5-7-12-18)14-31-23(21)27-25(28)32-15-20(29)26-22-16(2)9-8-10-17(22)3/h4-12,14H,1,13,15H2,2-3H3,(H,26,29). The lowest BCUT2D eigenvalue weighted by Gasteiger charge is -2.13. The molecule has 1 N–H and O–H groups in total. The molecule has 0 radical (unpaired) electrons. The number of rotatable bonds is 7. The van der Waals surface area contributed by atoms with Gasteiger partial charge in [-0.05, 0) is 30.5 Å². The first-order valence-electron chi connectivity index (χ1n) is 10.2. The molecule has 0 aliphatic carbocycles. The first kappa shape index (κ1) is 22.0. The third-order valence-corrected chi connectivity index (χ3v) is 6.98. The number of fused-ring (bicyclic) bond motifs is 1. The van der Waals surface area contributed by atoms with Crippen LogP contribution in [0.25, 0.3) is 21.3 Å². The smallest absolute Gasteiger partial charge is 0.263 e. The largest absolute Gasteiger partial charge is 0.325 e. The fourth-order valence-electron chi connectivity index (χ4n) is 3.55. The van der Waals surface area contributed by atoms with Gasteiger partial charge in [-0.1, -0.05) is 66.4 Å². The van der Waals surface area contributed by atoms with E-state index < -0.39 is 0 Å². The summed E-state index contributed by atoms with van der Waals surface area (Å²) < 4.78 is 1.59. The topological polar surface area (TPSA) is 64.0 Å². The summed E-state index contributed by atoms with van der Waals surface area (Å²) in [6, 6.07) is 15.7. The van der Waals surface area contributed by atoms with Crippen molar-refractivity contribution < 1.29 is 4.79 Å². The number of amides is 1. The third kappa shape index (κ3) is 4.40. The molecule has 0 atom stereocenters. The zero-order valence-corrected chi connectivity index (χ0v) is 19.6. The number of thiophene rings is 1. The molecule has 32 heavy (non-hydrogen) atoms. The number of hydrogen-bond acceptors (Lipinski definition) is 5. The summed E-state index contributed by atoms with van der Waals surface area (Å²) >= 11 is 2.70. The summed E-state index contributed by atoms with van der Waals surface area (Å²) in [5.41, 5.74) is 4.60. The molecule has 2 aromatic heterocycles. The Labute approximate surface area is 194 Å². The third-order valence-electron chi connectivity index (χ3n) is 5.13. The van der Waals surface area contributed by atoms with E-state index in [2.05, 4.69) is 11.9 Å². The lowest BCUT2D eigenvalue weighted by molar-refractivity contribution is -0.113. The predicted octanol–water partition coefficient (Wildman–Crippen LogP) is 5.66. The van der Waals surface area contributed by atoms with Crippen LogP contribution in [-0.2, 0) is 11.3 Å². The van der Waals surface area contributed by atoms with Crippen molar-refractivity contribution in [1.82, 2.24) is 9.55 Å². The second-order valence-corrected chi connectivity index (χ2v) is 9.20. The van der Waals surface area contributed by atoms with Crippen molar-refractivity contribution in [2.75, 3.05) is 11.1 Å². The number of nitrogens with one attached hydrogen (secondary N) is 1. The van der Waals surface area contributed by atoms with Gasteiger partial charge in [-0.15, -0.1) is 17.9 Å². The second-order valence-electron chi connectivity index (χ2n) is 7.40. The van der Waals surface area contributed by atoms with E-state index in [1.54, 1.807) is 10.6 Å². The molecule has 0 bridgehead atoms. The number of carbonyl (C=O) groups excluding carboxylic acids is 1. The molecular formula is C25H23N3O2S2. The number of para-hydroxylation sites is 1. The number of thioether (sulfide) groups is 1. The van der Waals surface area contributed by atoms with Gasteiger partial charge in [0.2, 0.25) is 5.91 Å². The number of allylic oxidation sites excluding steroid dienone is 1. The molecule has 0 saturated carbocycles. The number of hydrogen-bond donors (Lipinski definition) is 1. The fraction of sp³-hybridized carbons (Fsp3) is 0.160. The SMILES string of the molecule is C=CCn1c(SCC(=O)Nc2c(C)cccc2C)nc2scc(-c3ccccc3)c2c1=O. The zero-order valence-electron chi connectivity index (χ0n) is 17.9. The summed E-state index contributed by atoms with van der Waals surface area (Å²) in [5, 5.41) is 6.07. The summed E-state index contributed by atoms with van der Waals surface area (Å²) in [4.78, 5) is 31.4.